The van der Waals surface area contributed by atoms with Gasteiger partial charge in [0.15, 0.2) is 0 Å². The maximum Gasteiger partial charge on any atom is 0.0900 e. The van der Waals surface area contributed by atoms with Gasteiger partial charge in [-0.2, -0.15) is 0 Å². The van der Waals surface area contributed by atoms with Gasteiger partial charge in [-0.15, -0.1) is 0 Å². The van der Waals surface area contributed by atoms with E-state index in [0.29, 0.717) is 0 Å². The average molecular weight is 277 g/mol. The number of nitrogens with zero attached hydrogens (tertiary/aromatic N) is 3. The summed E-state index contributed by atoms with van der Waals surface area (Å²) in [6.07, 6.45) is 4.94. The third kappa shape index (κ3) is 4.27. The Hall–Kier alpha value is -0.970. The van der Waals surface area contributed by atoms with Crippen LogP contribution in [0, 0.1) is 0 Å². The Bertz CT molecular complexity index is 418. The first-order chi connectivity index (χ1) is 9.50. The van der Waals surface area contributed by atoms with Gasteiger partial charge in [0.05, 0.1) is 11.3 Å². The first-order valence-corrected chi connectivity index (χ1v) is 7.54. The minimum absolute atomic E-state index is 0.578. The van der Waals surface area contributed by atoms with Gasteiger partial charge in [-0.05, 0) is 51.5 Å². The summed E-state index contributed by atoms with van der Waals surface area (Å²) in [5, 5.41) is 10.7. The Morgan fingerprint density at radius 3 is 2.80 bits per heavy atom. The smallest absolute Gasteiger partial charge is 0.0900 e. The first kappa shape index (κ1) is 15.4. The molecule has 4 heteroatoms. The third-order valence-electron chi connectivity index (χ3n) is 3.92. The summed E-state index contributed by atoms with van der Waals surface area (Å²) in [6, 6.07) is 4.26. The van der Waals surface area contributed by atoms with Crippen molar-refractivity contribution in [3.05, 3.63) is 29.6 Å². The largest absolute Gasteiger partial charge is 0.387 e. The normalized spacial score (nSPS) is 24.2. The number of aromatic nitrogens is 1. The number of pyridine rings is 1. The number of β-amino-alcohol motifs (C(OH)–C–C–N with tert-alkyl or cyclic N) is 1. The molecule has 4 nitrogen and oxygen atoms in total. The van der Waals surface area contributed by atoms with Crippen LogP contribution in [0.4, 0.5) is 0 Å². The number of rotatable bonds is 5. The first-order valence-electron chi connectivity index (χ1n) is 7.54. The van der Waals surface area contributed by atoms with Crippen molar-refractivity contribution in [3.63, 3.8) is 0 Å². The molecule has 1 N–H and O–H groups in total. The number of hydrogen-bond acceptors (Lipinski definition) is 4. The lowest BCUT2D eigenvalue weighted by molar-refractivity contribution is -0.0482. The van der Waals surface area contributed by atoms with E-state index < -0.39 is 5.60 Å². The third-order valence-corrected chi connectivity index (χ3v) is 3.92. The van der Waals surface area contributed by atoms with Gasteiger partial charge in [0, 0.05) is 25.8 Å². The van der Waals surface area contributed by atoms with E-state index in [1.54, 1.807) is 0 Å². The summed E-state index contributed by atoms with van der Waals surface area (Å²) >= 11 is 0. The summed E-state index contributed by atoms with van der Waals surface area (Å²) in [7, 11) is 4.03. The zero-order valence-corrected chi connectivity index (χ0v) is 13.0. The van der Waals surface area contributed by atoms with E-state index in [4.69, 9.17) is 0 Å². The van der Waals surface area contributed by atoms with Gasteiger partial charge in [0.1, 0.15) is 0 Å². The van der Waals surface area contributed by atoms with Gasteiger partial charge in [-0.25, -0.2) is 0 Å². The van der Waals surface area contributed by atoms with Crippen molar-refractivity contribution in [1.29, 1.82) is 0 Å². The Morgan fingerprint density at radius 1 is 1.40 bits per heavy atom. The molecule has 112 valence electrons. The standard InChI is InChI=1S/C16H27N3O/c1-4-14-6-7-15(17-10-14)11-19-9-5-8-16(20,13-19)12-18(2)3/h6-7,10,20H,4-5,8-9,11-13H2,1-3H3/t16-/m0/s1. The van der Waals surface area contributed by atoms with Crippen LogP contribution in [0.1, 0.15) is 31.0 Å². The number of piperidine rings is 1. The fourth-order valence-electron chi connectivity index (χ4n) is 3.05. The van der Waals surface area contributed by atoms with Crippen molar-refractivity contribution in [1.82, 2.24) is 14.8 Å². The van der Waals surface area contributed by atoms with E-state index in [-0.39, 0.29) is 0 Å². The second-order valence-corrected chi connectivity index (χ2v) is 6.29. The molecule has 1 atom stereocenters. The number of aliphatic hydroxyl groups is 1. The maximum atomic E-state index is 10.7. The molecule has 0 bridgehead atoms. The molecule has 1 aromatic rings. The van der Waals surface area contributed by atoms with Crippen LogP contribution in [0.15, 0.2) is 18.3 Å². The molecule has 0 aromatic carbocycles. The Labute approximate surface area is 122 Å². The lowest BCUT2D eigenvalue weighted by Crippen LogP contribution is -2.52. The van der Waals surface area contributed by atoms with Crippen molar-refractivity contribution < 1.29 is 5.11 Å². The maximum absolute atomic E-state index is 10.7. The van der Waals surface area contributed by atoms with Gasteiger partial charge < -0.3 is 10.0 Å². The highest BCUT2D eigenvalue weighted by Gasteiger charge is 2.33. The summed E-state index contributed by atoms with van der Waals surface area (Å²) in [5.41, 5.74) is 1.79. The van der Waals surface area contributed by atoms with Crippen LogP contribution in [0.2, 0.25) is 0 Å². The molecule has 1 aliphatic rings. The molecular formula is C16H27N3O. The molecule has 0 radical (unpaired) electrons. The van der Waals surface area contributed by atoms with Crippen molar-refractivity contribution in [2.75, 3.05) is 33.7 Å². The van der Waals surface area contributed by atoms with E-state index in [0.717, 1.165) is 51.1 Å². The SMILES string of the molecule is CCc1ccc(CN2CCC[C@](O)(CN(C)C)C2)nc1. The zero-order valence-electron chi connectivity index (χ0n) is 13.0. The van der Waals surface area contributed by atoms with Crippen molar-refractivity contribution in [3.8, 4) is 0 Å². The van der Waals surface area contributed by atoms with Gasteiger partial charge in [-0.1, -0.05) is 13.0 Å². The molecule has 0 unspecified atom stereocenters. The Balaban J connectivity index is 1.95. The van der Waals surface area contributed by atoms with Crippen LogP contribution in [0.3, 0.4) is 0 Å². The van der Waals surface area contributed by atoms with E-state index in [1.165, 1.54) is 5.56 Å². The van der Waals surface area contributed by atoms with Crippen LogP contribution in [-0.4, -0.2) is 59.2 Å². The van der Waals surface area contributed by atoms with Crippen LogP contribution in [0.5, 0.6) is 0 Å². The number of likely N-dealkylation sites (N-methyl/N-ethyl adjacent to an activating group) is 1. The molecule has 0 aliphatic carbocycles. The molecule has 0 saturated carbocycles. The molecule has 0 amide bonds. The zero-order chi connectivity index (χ0) is 14.6. The lowest BCUT2D eigenvalue weighted by atomic mass is 9.92. The second-order valence-electron chi connectivity index (χ2n) is 6.29. The average Bonchev–Trinajstić information content (AvgIpc) is 2.38. The van der Waals surface area contributed by atoms with E-state index in [2.05, 4.69) is 33.8 Å². The van der Waals surface area contributed by atoms with Crippen LogP contribution < -0.4 is 0 Å². The minimum atomic E-state index is -0.578. The molecule has 1 fully saturated rings. The fraction of sp³-hybridized carbons (Fsp3) is 0.688. The predicted octanol–water partition coefficient (Wildman–Crippen LogP) is 1.53. The highest BCUT2D eigenvalue weighted by atomic mass is 16.3. The summed E-state index contributed by atoms with van der Waals surface area (Å²) in [6.45, 7) is 5.49. The number of aryl methyl sites for hydroxylation is 1. The highest BCUT2D eigenvalue weighted by Crippen LogP contribution is 2.23. The monoisotopic (exact) mass is 277 g/mol. The van der Waals surface area contributed by atoms with Crippen molar-refractivity contribution in [2.45, 2.75) is 38.3 Å². The molecule has 1 aliphatic heterocycles. The minimum Gasteiger partial charge on any atom is -0.387 e. The molecule has 2 rings (SSSR count). The van der Waals surface area contributed by atoms with Gasteiger partial charge in [0.2, 0.25) is 0 Å². The van der Waals surface area contributed by atoms with E-state index >= 15 is 0 Å². The molecule has 1 aromatic heterocycles. The Kier molecular flexibility index (Phi) is 5.13. The summed E-state index contributed by atoms with van der Waals surface area (Å²) in [5.74, 6) is 0. The van der Waals surface area contributed by atoms with E-state index in [9.17, 15) is 5.11 Å². The van der Waals surface area contributed by atoms with Crippen LogP contribution in [-0.2, 0) is 13.0 Å². The summed E-state index contributed by atoms with van der Waals surface area (Å²) in [4.78, 5) is 8.91. The topological polar surface area (TPSA) is 39.6 Å². The van der Waals surface area contributed by atoms with Gasteiger partial charge >= 0.3 is 0 Å². The Morgan fingerprint density at radius 2 is 2.20 bits per heavy atom. The quantitative estimate of drug-likeness (QED) is 0.886. The number of hydrogen-bond donors (Lipinski definition) is 1. The predicted molar refractivity (Wildman–Crippen MR) is 81.6 cm³/mol. The molecule has 1 saturated heterocycles. The van der Waals surface area contributed by atoms with Crippen molar-refractivity contribution >= 4 is 0 Å². The molecular weight excluding hydrogens is 250 g/mol. The van der Waals surface area contributed by atoms with Crippen LogP contribution in [0.25, 0.3) is 0 Å². The summed E-state index contributed by atoms with van der Waals surface area (Å²) < 4.78 is 0. The molecule has 0 spiro atoms. The second kappa shape index (κ2) is 6.66. The fourth-order valence-corrected chi connectivity index (χ4v) is 3.05. The molecule has 20 heavy (non-hydrogen) atoms. The van der Waals surface area contributed by atoms with Crippen LogP contribution >= 0.6 is 0 Å². The van der Waals surface area contributed by atoms with Gasteiger partial charge in [0.25, 0.3) is 0 Å². The number of likely N-dealkylation sites (tertiary alicyclic amines) is 1. The van der Waals surface area contributed by atoms with E-state index in [1.807, 2.05) is 20.3 Å². The molecule has 2 heterocycles. The lowest BCUT2D eigenvalue weighted by Gasteiger charge is -2.40. The van der Waals surface area contributed by atoms with Crippen molar-refractivity contribution in [2.24, 2.45) is 0 Å². The highest BCUT2D eigenvalue weighted by molar-refractivity contribution is 5.14. The van der Waals surface area contributed by atoms with Gasteiger partial charge in [-0.3, -0.25) is 9.88 Å².